The first-order valence-corrected chi connectivity index (χ1v) is 7.20. The zero-order valence-electron chi connectivity index (χ0n) is 10.5. The van der Waals surface area contributed by atoms with Crippen LogP contribution in [0.25, 0.3) is 0 Å². The number of fused-ring (bicyclic) bond motifs is 1. The average Bonchev–Trinajstić information content (AvgIpc) is 2.62. The van der Waals surface area contributed by atoms with Crippen LogP contribution in [-0.4, -0.2) is 23.6 Å². The fourth-order valence-corrected chi connectivity index (χ4v) is 4.39. The predicted molar refractivity (Wildman–Crippen MR) is 69.9 cm³/mol. The van der Waals surface area contributed by atoms with Gasteiger partial charge in [-0.3, -0.25) is 4.21 Å². The molecule has 1 aromatic carbocycles. The van der Waals surface area contributed by atoms with Crippen molar-refractivity contribution in [3.8, 4) is 5.75 Å². The van der Waals surface area contributed by atoms with Gasteiger partial charge in [0.25, 0.3) is 0 Å². The van der Waals surface area contributed by atoms with Gasteiger partial charge in [0.2, 0.25) is 0 Å². The Labute approximate surface area is 105 Å². The smallest absolute Gasteiger partial charge is 0.119 e. The molecule has 0 saturated heterocycles. The van der Waals surface area contributed by atoms with Gasteiger partial charge in [-0.2, -0.15) is 0 Å². The summed E-state index contributed by atoms with van der Waals surface area (Å²) in [6, 6.07) is 6.01. The molecule has 1 aliphatic rings. The monoisotopic (exact) mass is 253 g/mol. The summed E-state index contributed by atoms with van der Waals surface area (Å²) in [4.78, 5) is 0.962. The van der Waals surface area contributed by atoms with Crippen molar-refractivity contribution < 1.29 is 8.95 Å². The minimum atomic E-state index is -0.894. The molecular weight excluding hydrogens is 234 g/mol. The zero-order chi connectivity index (χ0) is 12.4. The van der Waals surface area contributed by atoms with E-state index in [1.807, 2.05) is 25.2 Å². The maximum absolute atomic E-state index is 12.4. The van der Waals surface area contributed by atoms with E-state index >= 15 is 0 Å². The van der Waals surface area contributed by atoms with Gasteiger partial charge in [-0.25, -0.2) is 0 Å². The van der Waals surface area contributed by atoms with E-state index in [1.165, 1.54) is 0 Å². The number of nitrogens with one attached hydrogen (secondary N) is 1. The van der Waals surface area contributed by atoms with Crippen molar-refractivity contribution >= 4 is 10.8 Å². The van der Waals surface area contributed by atoms with Crippen LogP contribution in [0, 0.1) is 0 Å². The molecule has 0 fully saturated rings. The fraction of sp³-hybridized carbons (Fsp3) is 0.538. The van der Waals surface area contributed by atoms with Crippen molar-refractivity contribution in [2.45, 2.75) is 36.0 Å². The van der Waals surface area contributed by atoms with Gasteiger partial charge in [0.15, 0.2) is 0 Å². The van der Waals surface area contributed by atoms with Crippen molar-refractivity contribution in [1.82, 2.24) is 5.32 Å². The van der Waals surface area contributed by atoms with E-state index in [4.69, 9.17) is 4.74 Å². The van der Waals surface area contributed by atoms with Gasteiger partial charge in [-0.15, -0.1) is 0 Å². The maximum Gasteiger partial charge on any atom is 0.119 e. The van der Waals surface area contributed by atoms with Crippen LogP contribution in [0.15, 0.2) is 23.1 Å². The van der Waals surface area contributed by atoms with Crippen molar-refractivity contribution in [3.05, 3.63) is 23.8 Å². The van der Waals surface area contributed by atoms with E-state index in [0.29, 0.717) is 0 Å². The van der Waals surface area contributed by atoms with Gasteiger partial charge in [0, 0.05) is 10.9 Å². The second-order valence-corrected chi connectivity index (χ2v) is 5.93. The first-order valence-electron chi connectivity index (χ1n) is 5.98. The van der Waals surface area contributed by atoms with Crippen molar-refractivity contribution in [2.75, 3.05) is 14.2 Å². The van der Waals surface area contributed by atoms with Crippen LogP contribution >= 0.6 is 0 Å². The van der Waals surface area contributed by atoms with Crippen molar-refractivity contribution in [2.24, 2.45) is 0 Å². The van der Waals surface area contributed by atoms with Crippen LogP contribution in [0.1, 0.15) is 31.4 Å². The molecule has 4 heteroatoms. The summed E-state index contributed by atoms with van der Waals surface area (Å²) >= 11 is 0. The molecule has 0 spiro atoms. The second-order valence-electron chi connectivity index (χ2n) is 4.29. The Morgan fingerprint density at radius 2 is 2.24 bits per heavy atom. The molecule has 1 aromatic rings. The summed E-state index contributed by atoms with van der Waals surface area (Å²) in [6.45, 7) is 2.13. The van der Waals surface area contributed by atoms with Gasteiger partial charge in [-0.05, 0) is 37.2 Å². The molecule has 17 heavy (non-hydrogen) atoms. The number of hydrogen-bond donors (Lipinski definition) is 1. The second kappa shape index (κ2) is 5.19. The Balaban J connectivity index is 2.42. The lowest BCUT2D eigenvalue weighted by molar-refractivity contribution is 0.412. The Bertz CT molecular complexity index is 433. The normalized spacial score (nSPS) is 26.9. The standard InChI is InChI=1S/C13H19NO2S/c1-4-5-12-13(14-2)10-8-9(16-3)6-7-11(10)17(12)15/h6-8,12-14H,4-5H2,1-3H3. The Hall–Kier alpha value is -0.870. The minimum absolute atomic E-state index is 0.181. The molecule has 3 nitrogen and oxygen atoms in total. The number of ether oxygens (including phenoxy) is 1. The molecule has 1 N–H and O–H groups in total. The summed E-state index contributed by atoms with van der Waals surface area (Å²) in [7, 11) is 2.69. The average molecular weight is 253 g/mol. The number of methoxy groups -OCH3 is 1. The predicted octanol–water partition coefficient (Wildman–Crippen LogP) is 2.25. The van der Waals surface area contributed by atoms with E-state index in [-0.39, 0.29) is 11.3 Å². The van der Waals surface area contributed by atoms with Crippen LogP contribution in [0.5, 0.6) is 5.75 Å². The summed E-state index contributed by atoms with van der Waals surface area (Å²) in [6.07, 6.45) is 2.04. The van der Waals surface area contributed by atoms with Crippen LogP contribution in [-0.2, 0) is 10.8 Å². The molecule has 1 heterocycles. The Morgan fingerprint density at radius 3 is 2.82 bits per heavy atom. The highest BCUT2D eigenvalue weighted by Crippen LogP contribution is 2.39. The van der Waals surface area contributed by atoms with Gasteiger partial charge < -0.3 is 10.1 Å². The highest BCUT2D eigenvalue weighted by Gasteiger charge is 2.37. The maximum atomic E-state index is 12.4. The third-order valence-corrected chi connectivity index (χ3v) is 5.16. The minimum Gasteiger partial charge on any atom is -0.497 e. The van der Waals surface area contributed by atoms with Crippen molar-refractivity contribution in [3.63, 3.8) is 0 Å². The Kier molecular flexibility index (Phi) is 3.84. The molecule has 0 aliphatic carbocycles. The number of hydrogen-bond acceptors (Lipinski definition) is 3. The van der Waals surface area contributed by atoms with Crippen molar-refractivity contribution in [1.29, 1.82) is 0 Å². The number of benzene rings is 1. The van der Waals surface area contributed by atoms with Crippen LogP contribution in [0.2, 0.25) is 0 Å². The molecule has 1 aliphatic heterocycles. The molecule has 0 bridgehead atoms. The lowest BCUT2D eigenvalue weighted by atomic mass is 10.0. The SMILES string of the molecule is CCCC1C(NC)c2cc(OC)ccc2S1=O. The summed E-state index contributed by atoms with van der Waals surface area (Å²) in [5.41, 5.74) is 1.13. The van der Waals surface area contributed by atoms with E-state index < -0.39 is 10.8 Å². The zero-order valence-corrected chi connectivity index (χ0v) is 11.3. The summed E-state index contributed by atoms with van der Waals surface area (Å²) in [5, 5.41) is 3.48. The van der Waals surface area contributed by atoms with E-state index in [2.05, 4.69) is 12.2 Å². The molecule has 0 saturated carbocycles. The molecule has 0 aromatic heterocycles. The highest BCUT2D eigenvalue weighted by atomic mass is 32.2. The van der Waals surface area contributed by atoms with E-state index in [0.717, 1.165) is 29.1 Å². The summed E-state index contributed by atoms with van der Waals surface area (Å²) in [5.74, 6) is 0.832. The largest absolute Gasteiger partial charge is 0.497 e. The third-order valence-electron chi connectivity index (χ3n) is 3.30. The van der Waals surface area contributed by atoms with E-state index in [1.54, 1.807) is 7.11 Å². The van der Waals surface area contributed by atoms with Gasteiger partial charge in [0.1, 0.15) is 5.75 Å². The lowest BCUT2D eigenvalue weighted by Gasteiger charge is -2.17. The molecule has 2 rings (SSSR count). The molecule has 94 valence electrons. The highest BCUT2D eigenvalue weighted by molar-refractivity contribution is 7.86. The summed E-state index contributed by atoms with van der Waals surface area (Å²) < 4.78 is 17.6. The molecule has 0 amide bonds. The molecular formula is C13H19NO2S. The first-order chi connectivity index (χ1) is 8.22. The molecule has 3 atom stereocenters. The van der Waals surface area contributed by atoms with E-state index in [9.17, 15) is 4.21 Å². The van der Waals surface area contributed by atoms with Gasteiger partial charge in [0.05, 0.1) is 23.2 Å². The molecule has 0 radical (unpaired) electrons. The number of rotatable bonds is 4. The quantitative estimate of drug-likeness (QED) is 0.894. The van der Waals surface area contributed by atoms with Crippen LogP contribution < -0.4 is 10.1 Å². The third kappa shape index (κ3) is 2.11. The van der Waals surface area contributed by atoms with Gasteiger partial charge in [-0.1, -0.05) is 13.3 Å². The van der Waals surface area contributed by atoms with Crippen LogP contribution in [0.3, 0.4) is 0 Å². The fourth-order valence-electron chi connectivity index (χ4n) is 2.47. The topological polar surface area (TPSA) is 38.3 Å². The Morgan fingerprint density at radius 1 is 1.47 bits per heavy atom. The van der Waals surface area contributed by atoms with Gasteiger partial charge >= 0.3 is 0 Å². The van der Waals surface area contributed by atoms with Crippen LogP contribution in [0.4, 0.5) is 0 Å². The first kappa shape index (κ1) is 12.6. The molecule has 3 unspecified atom stereocenters. The lowest BCUT2D eigenvalue weighted by Crippen LogP contribution is -2.26.